The van der Waals surface area contributed by atoms with E-state index >= 15 is 0 Å². The highest BCUT2D eigenvalue weighted by Gasteiger charge is 2.09. The maximum atomic E-state index is 12.3. The van der Waals surface area contributed by atoms with E-state index in [1.807, 2.05) is 45.0 Å². The Morgan fingerprint density at radius 1 is 0.943 bits per heavy atom. The topological polar surface area (TPSA) is 85.4 Å². The molecule has 0 saturated heterocycles. The monoisotopic (exact) mass is 500 g/mol. The molecule has 0 aliphatic carbocycles. The van der Waals surface area contributed by atoms with Gasteiger partial charge in [0.2, 0.25) is 0 Å². The number of carbonyl (C=O) groups is 1. The van der Waals surface area contributed by atoms with Crippen molar-refractivity contribution in [2.45, 2.75) is 65.3 Å². The lowest BCUT2D eigenvalue weighted by molar-refractivity contribution is 0.0951. The summed E-state index contributed by atoms with van der Waals surface area (Å²) in [5, 5.41) is 3.75. The molecule has 0 fully saturated rings. The molecule has 0 atom stereocenters. The number of amides is 1. The second-order valence-corrected chi connectivity index (χ2v) is 9.94. The van der Waals surface area contributed by atoms with Crippen LogP contribution in [0.3, 0.4) is 0 Å². The van der Waals surface area contributed by atoms with Gasteiger partial charge in [0.25, 0.3) is 5.91 Å². The average molecular weight is 501 g/mol. The van der Waals surface area contributed by atoms with E-state index in [1.165, 1.54) is 19.1 Å². The van der Waals surface area contributed by atoms with Crippen molar-refractivity contribution in [3.63, 3.8) is 0 Å². The summed E-state index contributed by atoms with van der Waals surface area (Å²) in [5.41, 5.74) is 3.18. The van der Waals surface area contributed by atoms with Crippen LogP contribution < -0.4 is 5.32 Å². The Kier molecular flexibility index (Phi) is 13.8. The molecule has 0 bridgehead atoms. The fourth-order valence-electron chi connectivity index (χ4n) is 3.00. The van der Waals surface area contributed by atoms with Crippen LogP contribution in [0, 0.1) is 6.92 Å². The molecule has 2 aromatic carbocycles. The molecule has 0 radical (unpaired) electrons. The summed E-state index contributed by atoms with van der Waals surface area (Å²) in [6, 6.07) is 15.7. The normalized spacial score (nSPS) is 10.6. The minimum absolute atomic E-state index is 0.185. The van der Waals surface area contributed by atoms with E-state index in [4.69, 9.17) is 4.74 Å². The van der Waals surface area contributed by atoms with Crippen molar-refractivity contribution < 1.29 is 17.9 Å². The molecule has 7 heteroatoms. The van der Waals surface area contributed by atoms with Gasteiger partial charge in [-0.15, -0.1) is 0 Å². The number of carbonyl (C=O) groups excluding carboxylic acids is 1. The first kappa shape index (κ1) is 30.3. The Bertz CT molecular complexity index is 1140. The van der Waals surface area contributed by atoms with E-state index in [1.54, 1.807) is 30.3 Å². The lowest BCUT2D eigenvalue weighted by Crippen LogP contribution is -2.22. The second-order valence-electron chi connectivity index (χ2n) is 7.92. The van der Waals surface area contributed by atoms with Crippen LogP contribution in [0.15, 0.2) is 59.5 Å². The number of aromatic nitrogens is 1. The van der Waals surface area contributed by atoms with Gasteiger partial charge in [-0.3, -0.25) is 9.78 Å². The average Bonchev–Trinajstić information content (AvgIpc) is 2.86. The van der Waals surface area contributed by atoms with Gasteiger partial charge in [0, 0.05) is 42.7 Å². The van der Waals surface area contributed by atoms with E-state index in [-0.39, 0.29) is 10.8 Å². The fourth-order valence-corrected chi connectivity index (χ4v) is 3.63. The number of hydrogen-bond acceptors (Lipinski definition) is 5. The first-order valence-corrected chi connectivity index (χ1v) is 14.2. The molecule has 192 valence electrons. The van der Waals surface area contributed by atoms with Crippen LogP contribution in [0.5, 0.6) is 0 Å². The minimum Gasteiger partial charge on any atom is -0.381 e. The highest BCUT2D eigenvalue weighted by Crippen LogP contribution is 2.15. The van der Waals surface area contributed by atoms with E-state index in [0.29, 0.717) is 12.1 Å². The zero-order chi connectivity index (χ0) is 26.3. The van der Waals surface area contributed by atoms with Crippen LogP contribution in [0.25, 0.3) is 10.9 Å². The third-order valence-corrected chi connectivity index (χ3v) is 6.01. The molecule has 0 spiro atoms. The summed E-state index contributed by atoms with van der Waals surface area (Å²) >= 11 is 0. The Hall–Kier alpha value is -2.77. The number of fused-ring (bicyclic) bond motifs is 1. The van der Waals surface area contributed by atoms with Crippen LogP contribution in [0.1, 0.15) is 68.6 Å². The maximum Gasteiger partial charge on any atom is 0.251 e. The van der Waals surface area contributed by atoms with Gasteiger partial charge in [-0.1, -0.05) is 52.3 Å². The predicted molar refractivity (Wildman–Crippen MR) is 145 cm³/mol. The van der Waals surface area contributed by atoms with Crippen molar-refractivity contribution in [2.24, 2.45) is 0 Å². The molecule has 3 aromatic rings. The van der Waals surface area contributed by atoms with Crippen molar-refractivity contribution >= 4 is 26.6 Å². The Balaban J connectivity index is 0.000000523. The number of pyridine rings is 1. The van der Waals surface area contributed by atoms with E-state index in [0.717, 1.165) is 41.8 Å². The van der Waals surface area contributed by atoms with E-state index in [2.05, 4.69) is 24.1 Å². The highest BCUT2D eigenvalue weighted by molar-refractivity contribution is 7.90. The molecule has 0 aliphatic rings. The minimum atomic E-state index is -3.21. The summed E-state index contributed by atoms with van der Waals surface area (Å²) in [6.07, 6.45) is 4.76. The van der Waals surface area contributed by atoms with Crippen LogP contribution in [-0.2, 0) is 21.1 Å². The van der Waals surface area contributed by atoms with Crippen molar-refractivity contribution in [3.05, 3.63) is 71.4 Å². The fraction of sp³-hybridized carbons (Fsp3) is 0.429. The molecule has 1 heterocycles. The molecule has 6 nitrogen and oxygen atoms in total. The van der Waals surface area contributed by atoms with Gasteiger partial charge in [0.15, 0.2) is 9.84 Å². The third-order valence-electron chi connectivity index (χ3n) is 4.89. The Morgan fingerprint density at radius 3 is 2.23 bits per heavy atom. The van der Waals surface area contributed by atoms with Gasteiger partial charge < -0.3 is 10.1 Å². The predicted octanol–water partition coefficient (Wildman–Crippen LogP) is 6.12. The van der Waals surface area contributed by atoms with Gasteiger partial charge in [0.1, 0.15) is 0 Å². The zero-order valence-corrected chi connectivity index (χ0v) is 22.7. The standard InChI is InChI=1S/C19H18N2O3S.C7H16O.C2H6/c1-13-3-6-15-11-16(7-10-18(15)21-13)19(22)20-12-14-4-8-17(9-5-14)25(2,23)24;1-3-5-7-8-6-4-2;1-2/h3-11H,12H2,1-2H3,(H,20,22);3-7H2,1-2H3;1-2H3. The van der Waals surface area contributed by atoms with Crippen molar-refractivity contribution in [1.82, 2.24) is 10.3 Å². The van der Waals surface area contributed by atoms with Crippen LogP contribution >= 0.6 is 0 Å². The summed E-state index contributed by atoms with van der Waals surface area (Å²) in [6.45, 7) is 12.4. The molecule has 0 aliphatic heterocycles. The van der Waals surface area contributed by atoms with E-state index in [9.17, 15) is 13.2 Å². The molecule has 35 heavy (non-hydrogen) atoms. The van der Waals surface area contributed by atoms with Crippen LogP contribution in [0.2, 0.25) is 0 Å². The van der Waals surface area contributed by atoms with E-state index < -0.39 is 9.84 Å². The summed E-state index contributed by atoms with van der Waals surface area (Å²) in [7, 11) is -3.21. The number of ether oxygens (including phenoxy) is 1. The number of benzene rings is 2. The van der Waals surface area contributed by atoms with Gasteiger partial charge in [-0.2, -0.15) is 0 Å². The molecule has 1 amide bonds. The largest absolute Gasteiger partial charge is 0.381 e. The molecular formula is C28H40N2O4S. The quantitative estimate of drug-likeness (QED) is 0.358. The van der Waals surface area contributed by atoms with Gasteiger partial charge >= 0.3 is 0 Å². The molecule has 1 N–H and O–H groups in total. The number of nitrogens with one attached hydrogen (secondary N) is 1. The number of hydrogen-bond donors (Lipinski definition) is 1. The van der Waals surface area contributed by atoms with Gasteiger partial charge in [-0.05, 0) is 61.7 Å². The number of sulfone groups is 1. The number of rotatable bonds is 9. The first-order chi connectivity index (χ1) is 16.7. The molecule has 0 saturated carbocycles. The number of nitrogens with zero attached hydrogens (tertiary/aromatic N) is 1. The molecular weight excluding hydrogens is 460 g/mol. The maximum absolute atomic E-state index is 12.3. The van der Waals surface area contributed by atoms with Crippen molar-refractivity contribution in [2.75, 3.05) is 19.5 Å². The van der Waals surface area contributed by atoms with Gasteiger partial charge in [0.05, 0.1) is 10.4 Å². The Labute approximate surface area is 211 Å². The third kappa shape index (κ3) is 11.0. The lowest BCUT2D eigenvalue weighted by atomic mass is 10.1. The summed E-state index contributed by atoms with van der Waals surface area (Å²) < 4.78 is 28.1. The van der Waals surface area contributed by atoms with Gasteiger partial charge in [-0.25, -0.2) is 8.42 Å². The summed E-state index contributed by atoms with van der Waals surface area (Å²) in [4.78, 5) is 17.0. The molecule has 0 unspecified atom stereocenters. The second kappa shape index (κ2) is 16.0. The lowest BCUT2D eigenvalue weighted by Gasteiger charge is -2.07. The number of aryl methyl sites for hydroxylation is 1. The molecule has 1 aromatic heterocycles. The zero-order valence-electron chi connectivity index (χ0n) is 21.9. The van der Waals surface area contributed by atoms with Crippen LogP contribution in [0.4, 0.5) is 0 Å². The van der Waals surface area contributed by atoms with Crippen LogP contribution in [-0.4, -0.2) is 38.8 Å². The number of unbranched alkanes of at least 4 members (excludes halogenated alkanes) is 1. The SMILES string of the molecule is CC.CCCCOCCC.Cc1ccc2cc(C(=O)NCc3ccc(S(C)(=O)=O)cc3)ccc2n1. The van der Waals surface area contributed by atoms with Crippen molar-refractivity contribution in [3.8, 4) is 0 Å². The molecule has 3 rings (SSSR count). The smallest absolute Gasteiger partial charge is 0.251 e. The van der Waals surface area contributed by atoms with Crippen molar-refractivity contribution in [1.29, 1.82) is 0 Å². The highest BCUT2D eigenvalue weighted by atomic mass is 32.2. The Morgan fingerprint density at radius 2 is 1.63 bits per heavy atom. The first-order valence-electron chi connectivity index (χ1n) is 12.3. The summed E-state index contributed by atoms with van der Waals surface area (Å²) in [5.74, 6) is -0.185.